The fourth-order valence-corrected chi connectivity index (χ4v) is 1.51. The highest BCUT2D eigenvalue weighted by atomic mass is 16.5. The number of nitrogens with one attached hydrogen (secondary N) is 1. The molecule has 2 atom stereocenters. The third-order valence-electron chi connectivity index (χ3n) is 2.99. The predicted octanol–water partition coefficient (Wildman–Crippen LogP) is 1.81. The third kappa shape index (κ3) is 10.1. The summed E-state index contributed by atoms with van der Waals surface area (Å²) >= 11 is 0. The van der Waals surface area contributed by atoms with Crippen molar-refractivity contribution in [3.63, 3.8) is 0 Å². The number of carbonyl (C=O) groups excluding carboxylic acids is 1. The minimum atomic E-state index is -0.764. The number of carboxylic acids is 1. The second kappa shape index (κ2) is 9.88. The van der Waals surface area contributed by atoms with Gasteiger partial charge in [0.05, 0.1) is 6.10 Å². The topological polar surface area (TPSA) is 75.6 Å². The Morgan fingerprint density at radius 3 is 2.39 bits per heavy atom. The van der Waals surface area contributed by atoms with Crippen LogP contribution in [0.25, 0.3) is 0 Å². The molecule has 0 radical (unpaired) electrons. The molecule has 0 aromatic rings. The molecule has 1 amide bonds. The lowest BCUT2D eigenvalue weighted by Gasteiger charge is -2.12. The Kier molecular flexibility index (Phi) is 9.28. The summed E-state index contributed by atoms with van der Waals surface area (Å²) in [5, 5.41) is 11.4. The summed E-state index contributed by atoms with van der Waals surface area (Å²) in [7, 11) is 1.63. The maximum Gasteiger partial charge on any atom is 0.303 e. The monoisotopic (exact) mass is 259 g/mol. The third-order valence-corrected chi connectivity index (χ3v) is 2.99. The highest BCUT2D eigenvalue weighted by Gasteiger charge is 2.08. The molecule has 2 unspecified atom stereocenters. The Hall–Kier alpha value is -1.10. The van der Waals surface area contributed by atoms with Crippen LogP contribution in [0.2, 0.25) is 0 Å². The van der Waals surface area contributed by atoms with E-state index >= 15 is 0 Å². The molecule has 0 bridgehead atoms. The fourth-order valence-electron chi connectivity index (χ4n) is 1.51. The predicted molar refractivity (Wildman–Crippen MR) is 69.4 cm³/mol. The van der Waals surface area contributed by atoms with Crippen LogP contribution in [0, 0.1) is 5.92 Å². The van der Waals surface area contributed by atoms with E-state index in [9.17, 15) is 9.59 Å². The molecular formula is C13H25NO4. The van der Waals surface area contributed by atoms with E-state index in [1.54, 1.807) is 7.11 Å². The summed E-state index contributed by atoms with van der Waals surface area (Å²) < 4.78 is 5.06. The average molecular weight is 259 g/mol. The molecule has 0 aliphatic heterocycles. The lowest BCUT2D eigenvalue weighted by Crippen LogP contribution is -2.26. The van der Waals surface area contributed by atoms with Crippen LogP contribution in [0.1, 0.15) is 46.0 Å². The van der Waals surface area contributed by atoms with Crippen molar-refractivity contribution >= 4 is 11.9 Å². The van der Waals surface area contributed by atoms with Crippen molar-refractivity contribution in [3.8, 4) is 0 Å². The van der Waals surface area contributed by atoms with Gasteiger partial charge in [-0.2, -0.15) is 0 Å². The van der Waals surface area contributed by atoms with E-state index in [2.05, 4.69) is 5.32 Å². The van der Waals surface area contributed by atoms with E-state index < -0.39 is 5.97 Å². The summed E-state index contributed by atoms with van der Waals surface area (Å²) in [6.07, 6.45) is 2.96. The first-order valence-electron chi connectivity index (χ1n) is 6.47. The molecule has 5 heteroatoms. The van der Waals surface area contributed by atoms with E-state index in [1.165, 1.54) is 0 Å². The molecular weight excluding hydrogens is 234 g/mol. The summed E-state index contributed by atoms with van der Waals surface area (Å²) in [5.74, 6) is -0.414. The Morgan fingerprint density at radius 1 is 1.17 bits per heavy atom. The molecule has 18 heavy (non-hydrogen) atoms. The van der Waals surface area contributed by atoms with Gasteiger partial charge in [-0.15, -0.1) is 0 Å². The van der Waals surface area contributed by atoms with Crippen molar-refractivity contribution in [2.75, 3.05) is 13.7 Å². The zero-order chi connectivity index (χ0) is 14.0. The Labute approximate surface area is 109 Å². The van der Waals surface area contributed by atoms with Gasteiger partial charge in [-0.25, -0.2) is 0 Å². The molecule has 0 aliphatic carbocycles. The van der Waals surface area contributed by atoms with Gasteiger partial charge < -0.3 is 15.2 Å². The first kappa shape index (κ1) is 16.9. The van der Waals surface area contributed by atoms with Gasteiger partial charge in [0, 0.05) is 26.5 Å². The van der Waals surface area contributed by atoms with Crippen LogP contribution in [0.3, 0.4) is 0 Å². The summed E-state index contributed by atoms with van der Waals surface area (Å²) in [4.78, 5) is 21.8. The number of carbonyl (C=O) groups is 2. The average Bonchev–Trinajstić information content (AvgIpc) is 2.33. The molecule has 2 N–H and O–H groups in total. The quantitative estimate of drug-likeness (QED) is 0.627. The van der Waals surface area contributed by atoms with Gasteiger partial charge in [0.1, 0.15) is 0 Å². The maximum atomic E-state index is 11.5. The highest BCUT2D eigenvalue weighted by Crippen LogP contribution is 2.09. The second-order valence-corrected chi connectivity index (χ2v) is 4.76. The normalized spacial score (nSPS) is 13.9. The van der Waals surface area contributed by atoms with E-state index in [0.29, 0.717) is 25.3 Å². The Morgan fingerprint density at radius 2 is 1.83 bits per heavy atom. The SMILES string of the molecule is COC(C)CCC(=O)NCCC(C)CCC(=O)O. The Balaban J connectivity index is 3.52. The molecule has 0 aromatic heterocycles. The summed E-state index contributed by atoms with van der Waals surface area (Å²) in [6.45, 7) is 4.55. The fraction of sp³-hybridized carbons (Fsp3) is 0.846. The molecule has 0 fully saturated rings. The van der Waals surface area contributed by atoms with Crippen molar-refractivity contribution in [2.24, 2.45) is 5.92 Å². The van der Waals surface area contributed by atoms with Crippen molar-refractivity contribution in [1.29, 1.82) is 0 Å². The van der Waals surface area contributed by atoms with Crippen LogP contribution >= 0.6 is 0 Å². The number of rotatable bonds is 10. The number of methoxy groups -OCH3 is 1. The van der Waals surface area contributed by atoms with Gasteiger partial charge in [0.2, 0.25) is 5.91 Å². The molecule has 0 heterocycles. The molecule has 106 valence electrons. The summed E-state index contributed by atoms with van der Waals surface area (Å²) in [6, 6.07) is 0. The van der Waals surface area contributed by atoms with Gasteiger partial charge >= 0.3 is 5.97 Å². The summed E-state index contributed by atoms with van der Waals surface area (Å²) in [5.41, 5.74) is 0. The highest BCUT2D eigenvalue weighted by molar-refractivity contribution is 5.75. The van der Waals surface area contributed by atoms with Gasteiger partial charge in [-0.05, 0) is 32.1 Å². The Bertz CT molecular complexity index is 255. The molecule has 0 rings (SSSR count). The maximum absolute atomic E-state index is 11.5. The number of carboxylic acid groups (broad SMARTS) is 1. The lowest BCUT2D eigenvalue weighted by atomic mass is 10.0. The minimum absolute atomic E-state index is 0.0318. The molecule has 0 spiro atoms. The van der Waals surface area contributed by atoms with E-state index in [0.717, 1.165) is 12.8 Å². The van der Waals surface area contributed by atoms with E-state index in [-0.39, 0.29) is 18.4 Å². The van der Waals surface area contributed by atoms with Crippen LogP contribution in [-0.2, 0) is 14.3 Å². The van der Waals surface area contributed by atoms with Crippen LogP contribution in [-0.4, -0.2) is 36.7 Å². The van der Waals surface area contributed by atoms with Gasteiger partial charge in [-0.1, -0.05) is 6.92 Å². The number of amides is 1. The molecule has 0 saturated heterocycles. The van der Waals surface area contributed by atoms with Crippen LogP contribution in [0.5, 0.6) is 0 Å². The standard InChI is InChI=1S/C13H25NO4/c1-10(4-7-13(16)17)8-9-14-12(15)6-5-11(2)18-3/h10-11H,4-9H2,1-3H3,(H,14,15)(H,16,17). The van der Waals surface area contributed by atoms with E-state index in [4.69, 9.17) is 9.84 Å². The van der Waals surface area contributed by atoms with Crippen molar-refractivity contribution in [3.05, 3.63) is 0 Å². The van der Waals surface area contributed by atoms with Gasteiger partial charge in [0.25, 0.3) is 0 Å². The number of ether oxygens (including phenoxy) is 1. The largest absolute Gasteiger partial charge is 0.481 e. The number of hydrogen-bond donors (Lipinski definition) is 2. The van der Waals surface area contributed by atoms with Crippen molar-refractivity contribution in [1.82, 2.24) is 5.32 Å². The van der Waals surface area contributed by atoms with Crippen molar-refractivity contribution < 1.29 is 19.4 Å². The van der Waals surface area contributed by atoms with Gasteiger partial charge in [-0.3, -0.25) is 9.59 Å². The van der Waals surface area contributed by atoms with Crippen LogP contribution in [0.15, 0.2) is 0 Å². The molecule has 0 saturated carbocycles. The molecule has 0 aromatic carbocycles. The second-order valence-electron chi connectivity index (χ2n) is 4.76. The first-order valence-corrected chi connectivity index (χ1v) is 6.47. The molecule has 0 aliphatic rings. The van der Waals surface area contributed by atoms with Gasteiger partial charge in [0.15, 0.2) is 0 Å². The van der Waals surface area contributed by atoms with Crippen molar-refractivity contribution in [2.45, 2.75) is 52.1 Å². The minimum Gasteiger partial charge on any atom is -0.481 e. The number of aliphatic carboxylic acids is 1. The van der Waals surface area contributed by atoms with Crippen LogP contribution in [0.4, 0.5) is 0 Å². The zero-order valence-electron chi connectivity index (χ0n) is 11.6. The lowest BCUT2D eigenvalue weighted by molar-refractivity contribution is -0.137. The van der Waals surface area contributed by atoms with Crippen LogP contribution < -0.4 is 5.32 Å². The first-order chi connectivity index (χ1) is 8.45. The molecule has 5 nitrogen and oxygen atoms in total. The van der Waals surface area contributed by atoms with E-state index in [1.807, 2.05) is 13.8 Å². The number of hydrogen-bond acceptors (Lipinski definition) is 3. The smallest absolute Gasteiger partial charge is 0.303 e. The zero-order valence-corrected chi connectivity index (χ0v) is 11.6.